The number of carbonyl (C=O) groups excluding carboxylic acids is 2. The Hall–Kier alpha value is -3.00. The van der Waals surface area contributed by atoms with Gasteiger partial charge in [-0.15, -0.1) is 6.58 Å². The number of carboxylic acids is 1. The number of carbonyl (C=O) groups is 3. The molecule has 9 heteroatoms. The summed E-state index contributed by atoms with van der Waals surface area (Å²) in [5.41, 5.74) is 0.540. The molecule has 25 heavy (non-hydrogen) atoms. The van der Waals surface area contributed by atoms with Gasteiger partial charge in [-0.1, -0.05) is 17.7 Å². The summed E-state index contributed by atoms with van der Waals surface area (Å²) >= 11 is 6.10. The first-order valence-electron chi connectivity index (χ1n) is 7.05. The van der Waals surface area contributed by atoms with Crippen molar-refractivity contribution in [1.82, 2.24) is 10.2 Å². The van der Waals surface area contributed by atoms with Crippen LogP contribution in [0.15, 0.2) is 30.5 Å². The number of hydrogen-bond acceptors (Lipinski definition) is 5. The Morgan fingerprint density at radius 2 is 2.16 bits per heavy atom. The average molecular weight is 367 g/mol. The van der Waals surface area contributed by atoms with E-state index in [-0.39, 0.29) is 28.8 Å². The molecule has 8 nitrogen and oxygen atoms in total. The first kappa shape index (κ1) is 18.3. The fraction of sp³-hybridized carbons (Fsp3) is 0.188. The summed E-state index contributed by atoms with van der Waals surface area (Å²) in [5.74, 6) is -1.39. The van der Waals surface area contributed by atoms with Crippen LogP contribution >= 0.6 is 11.6 Å². The minimum absolute atomic E-state index is 0.0729. The number of aliphatic carboxylic acids is 1. The number of methoxy groups -OCH3 is 1. The van der Waals surface area contributed by atoms with E-state index in [1.54, 1.807) is 0 Å². The van der Waals surface area contributed by atoms with E-state index in [0.29, 0.717) is 5.56 Å². The molecule has 0 atom stereocenters. The number of nitrogens with one attached hydrogen (secondary N) is 1. The predicted molar refractivity (Wildman–Crippen MR) is 89.6 cm³/mol. The highest BCUT2D eigenvalue weighted by Gasteiger charge is 2.32. The van der Waals surface area contributed by atoms with Gasteiger partial charge in [-0.25, -0.2) is 9.59 Å². The van der Waals surface area contributed by atoms with Crippen molar-refractivity contribution in [2.24, 2.45) is 0 Å². The highest BCUT2D eigenvalue weighted by Crippen LogP contribution is 2.37. The average Bonchev–Trinajstić information content (AvgIpc) is 2.81. The van der Waals surface area contributed by atoms with Gasteiger partial charge in [-0.3, -0.25) is 9.69 Å². The Balaban J connectivity index is 2.33. The number of carboxylic acid groups (broad SMARTS) is 1. The van der Waals surface area contributed by atoms with Crippen LogP contribution in [0.25, 0.3) is 6.08 Å². The lowest BCUT2D eigenvalue weighted by Crippen LogP contribution is -2.30. The molecule has 0 unspecified atom stereocenters. The zero-order valence-corrected chi connectivity index (χ0v) is 14.0. The highest BCUT2D eigenvalue weighted by atomic mass is 35.5. The fourth-order valence-electron chi connectivity index (χ4n) is 2.13. The lowest BCUT2D eigenvalue weighted by Gasteiger charge is -2.12. The molecule has 1 aromatic carbocycles. The van der Waals surface area contributed by atoms with Crippen LogP contribution in [-0.4, -0.2) is 48.2 Å². The third-order valence-electron chi connectivity index (χ3n) is 3.18. The summed E-state index contributed by atoms with van der Waals surface area (Å²) in [6.07, 6.45) is 2.87. The molecule has 3 amide bonds. The van der Waals surface area contributed by atoms with E-state index in [1.807, 2.05) is 0 Å². The van der Waals surface area contributed by atoms with Gasteiger partial charge in [0.25, 0.3) is 5.91 Å². The van der Waals surface area contributed by atoms with Crippen LogP contribution in [0.1, 0.15) is 5.56 Å². The lowest BCUT2D eigenvalue weighted by atomic mass is 10.1. The van der Waals surface area contributed by atoms with Gasteiger partial charge in [0, 0.05) is 6.54 Å². The summed E-state index contributed by atoms with van der Waals surface area (Å²) in [6.45, 7) is 3.00. The number of hydrogen-bond donors (Lipinski definition) is 2. The number of nitrogens with zero attached hydrogens (tertiary/aromatic N) is 1. The second-order valence-electron chi connectivity index (χ2n) is 4.91. The van der Waals surface area contributed by atoms with Crippen LogP contribution in [0.2, 0.25) is 5.02 Å². The molecule has 1 aliphatic heterocycles. The molecular formula is C16H15ClN2O6. The van der Waals surface area contributed by atoms with Crippen LogP contribution in [0.3, 0.4) is 0 Å². The molecule has 0 aromatic heterocycles. The van der Waals surface area contributed by atoms with Crippen LogP contribution in [0.4, 0.5) is 4.79 Å². The quantitative estimate of drug-likeness (QED) is 0.433. The van der Waals surface area contributed by atoms with Crippen LogP contribution in [0.5, 0.6) is 11.5 Å². The van der Waals surface area contributed by atoms with Crippen LogP contribution < -0.4 is 14.8 Å². The van der Waals surface area contributed by atoms with E-state index in [2.05, 4.69) is 11.9 Å². The summed E-state index contributed by atoms with van der Waals surface area (Å²) in [7, 11) is 1.37. The second kappa shape index (κ2) is 7.71. The van der Waals surface area contributed by atoms with E-state index in [0.717, 1.165) is 4.90 Å². The standard InChI is InChI=1S/C16H15ClN2O6/c1-3-4-19-15(22)11(18-16(19)23)6-9-5-10(17)14(12(7-9)24-2)25-8-13(20)21/h3,5-7H,1,4,8H2,2H3,(H,18,23)(H,20,21)/b11-6+. The van der Waals surface area contributed by atoms with Crippen molar-refractivity contribution in [3.05, 3.63) is 41.1 Å². The maximum absolute atomic E-state index is 12.2. The van der Waals surface area contributed by atoms with Gasteiger partial charge in [0.15, 0.2) is 18.1 Å². The molecule has 0 aliphatic carbocycles. The number of amides is 3. The molecule has 132 valence electrons. The Morgan fingerprint density at radius 3 is 2.76 bits per heavy atom. The molecule has 2 rings (SSSR count). The molecule has 1 saturated heterocycles. The third-order valence-corrected chi connectivity index (χ3v) is 3.46. The Bertz CT molecular complexity index is 774. The topological polar surface area (TPSA) is 105 Å². The van der Waals surface area contributed by atoms with E-state index >= 15 is 0 Å². The SMILES string of the molecule is C=CCN1C(=O)N/C(=C/c2cc(Cl)c(OCC(=O)O)c(OC)c2)C1=O. The maximum atomic E-state index is 12.2. The summed E-state index contributed by atoms with van der Waals surface area (Å²) in [6, 6.07) is 2.42. The number of urea groups is 1. The van der Waals surface area contributed by atoms with Gasteiger partial charge in [0.05, 0.1) is 12.1 Å². The smallest absolute Gasteiger partial charge is 0.341 e. The first-order chi connectivity index (χ1) is 11.9. The van der Waals surface area contributed by atoms with E-state index in [4.69, 9.17) is 26.2 Å². The first-order valence-corrected chi connectivity index (χ1v) is 7.42. The Morgan fingerprint density at radius 1 is 1.44 bits per heavy atom. The van der Waals surface area contributed by atoms with Crippen molar-refractivity contribution in [3.63, 3.8) is 0 Å². The fourth-order valence-corrected chi connectivity index (χ4v) is 2.40. The molecule has 0 radical (unpaired) electrons. The van der Waals surface area contributed by atoms with Gasteiger partial charge in [-0.05, 0) is 23.8 Å². The molecule has 1 aromatic rings. The maximum Gasteiger partial charge on any atom is 0.341 e. The number of ether oxygens (including phenoxy) is 2. The summed E-state index contributed by atoms with van der Waals surface area (Å²) < 4.78 is 10.2. The van der Waals surface area contributed by atoms with Crippen molar-refractivity contribution in [2.45, 2.75) is 0 Å². The normalized spacial score (nSPS) is 15.3. The van der Waals surface area contributed by atoms with Crippen LogP contribution in [-0.2, 0) is 9.59 Å². The third kappa shape index (κ3) is 4.10. The minimum Gasteiger partial charge on any atom is -0.493 e. The van der Waals surface area contributed by atoms with E-state index in [9.17, 15) is 14.4 Å². The predicted octanol–water partition coefficient (Wildman–Crippen LogP) is 1.89. The van der Waals surface area contributed by atoms with Gasteiger partial charge in [0.2, 0.25) is 0 Å². The van der Waals surface area contributed by atoms with E-state index < -0.39 is 24.5 Å². The van der Waals surface area contributed by atoms with Crippen LogP contribution in [0, 0.1) is 0 Å². The lowest BCUT2D eigenvalue weighted by molar-refractivity contribution is -0.139. The van der Waals surface area contributed by atoms with E-state index in [1.165, 1.54) is 31.4 Å². The molecular weight excluding hydrogens is 352 g/mol. The number of benzene rings is 1. The zero-order valence-electron chi connectivity index (χ0n) is 13.2. The molecule has 0 bridgehead atoms. The zero-order chi connectivity index (χ0) is 18.6. The van der Waals surface area contributed by atoms with Gasteiger partial charge in [-0.2, -0.15) is 0 Å². The second-order valence-corrected chi connectivity index (χ2v) is 5.32. The molecule has 1 aliphatic rings. The monoisotopic (exact) mass is 366 g/mol. The van der Waals surface area contributed by atoms with Crippen molar-refractivity contribution < 1.29 is 29.0 Å². The Labute approximate surface area is 148 Å². The Kier molecular flexibility index (Phi) is 5.66. The van der Waals surface area contributed by atoms with Crippen molar-refractivity contribution in [2.75, 3.05) is 20.3 Å². The van der Waals surface area contributed by atoms with Crippen molar-refractivity contribution in [1.29, 1.82) is 0 Å². The number of rotatable bonds is 7. The molecule has 0 saturated carbocycles. The minimum atomic E-state index is -1.16. The summed E-state index contributed by atoms with van der Waals surface area (Å²) in [5, 5.41) is 11.2. The van der Waals surface area contributed by atoms with Gasteiger partial charge >= 0.3 is 12.0 Å². The largest absolute Gasteiger partial charge is 0.493 e. The molecule has 2 N–H and O–H groups in total. The number of halogens is 1. The van der Waals surface area contributed by atoms with Crippen molar-refractivity contribution in [3.8, 4) is 11.5 Å². The van der Waals surface area contributed by atoms with Crippen molar-refractivity contribution >= 4 is 35.6 Å². The summed E-state index contributed by atoms with van der Waals surface area (Å²) in [4.78, 5) is 35.5. The van der Waals surface area contributed by atoms with Gasteiger partial charge < -0.3 is 19.9 Å². The number of imide groups is 1. The molecule has 1 fully saturated rings. The van der Waals surface area contributed by atoms with Gasteiger partial charge in [0.1, 0.15) is 5.70 Å². The highest BCUT2D eigenvalue weighted by molar-refractivity contribution is 6.32. The molecule has 1 heterocycles. The molecule has 0 spiro atoms.